The highest BCUT2D eigenvalue weighted by Gasteiger charge is 2.65. The maximum Gasteiger partial charge on any atom is 0.325 e. The fourth-order valence-corrected chi connectivity index (χ4v) is 4.58. The summed E-state index contributed by atoms with van der Waals surface area (Å²) in [6, 6.07) is 3.19. The lowest BCUT2D eigenvalue weighted by molar-refractivity contribution is -0.169. The molecule has 2 atom stereocenters. The molecule has 3 heterocycles. The van der Waals surface area contributed by atoms with E-state index in [-0.39, 0.29) is 31.1 Å². The first kappa shape index (κ1) is 19.1. The van der Waals surface area contributed by atoms with Gasteiger partial charge in [-0.25, -0.2) is 4.39 Å². The third-order valence-corrected chi connectivity index (χ3v) is 5.84. The van der Waals surface area contributed by atoms with Gasteiger partial charge in [0.1, 0.15) is 12.0 Å². The van der Waals surface area contributed by atoms with Gasteiger partial charge in [0.25, 0.3) is 0 Å². The van der Waals surface area contributed by atoms with Crippen LogP contribution in [-0.2, 0) is 28.7 Å². The van der Waals surface area contributed by atoms with E-state index < -0.39 is 35.4 Å². The molecule has 0 aliphatic carbocycles. The molecule has 9 heteroatoms. The second-order valence-electron chi connectivity index (χ2n) is 7.21. The van der Waals surface area contributed by atoms with E-state index in [1.807, 2.05) is 0 Å². The van der Waals surface area contributed by atoms with E-state index in [0.29, 0.717) is 11.3 Å². The van der Waals surface area contributed by atoms with Gasteiger partial charge in [0.15, 0.2) is 5.41 Å². The van der Waals surface area contributed by atoms with Crippen molar-refractivity contribution in [3.63, 3.8) is 0 Å². The Labute approximate surface area is 165 Å². The highest BCUT2D eigenvalue weighted by atomic mass is 19.1. The van der Waals surface area contributed by atoms with Crippen molar-refractivity contribution in [1.29, 1.82) is 0 Å². The number of fused-ring (bicyclic) bond motifs is 3. The first-order valence-electron chi connectivity index (χ1n) is 9.13. The Morgan fingerprint density at radius 2 is 1.72 bits per heavy atom. The molecule has 0 aromatic heterocycles. The Balaban J connectivity index is 1.92. The van der Waals surface area contributed by atoms with Crippen LogP contribution >= 0.6 is 0 Å². The van der Waals surface area contributed by atoms with Gasteiger partial charge < -0.3 is 14.4 Å². The topological polar surface area (TPSA) is 93.2 Å². The zero-order valence-corrected chi connectivity index (χ0v) is 15.9. The molecular formula is C20H19FN2O6. The average Bonchev–Trinajstić information content (AvgIpc) is 3.23. The molecule has 0 radical (unpaired) electrons. The number of nitrogens with zero attached hydrogens (tertiary/aromatic N) is 2. The summed E-state index contributed by atoms with van der Waals surface area (Å²) in [4.78, 5) is 53.4. The van der Waals surface area contributed by atoms with Crippen molar-refractivity contribution in [2.75, 3.05) is 19.1 Å². The van der Waals surface area contributed by atoms with Crippen LogP contribution in [0.4, 0.5) is 10.1 Å². The standard InChI is InChI=1S/C20H19FN2O6/c1-28-18(26)20(19(27)29-2)10-15(23-16(24)7-8-17(23)25)22-13-5-4-12(21)9-11(13)3-6-14(20)22/h3-6,9,14-15H,7-8,10H2,1-2H3/t14-,15-/m1/s1. The van der Waals surface area contributed by atoms with Crippen LogP contribution in [0.1, 0.15) is 24.8 Å². The van der Waals surface area contributed by atoms with E-state index in [0.717, 1.165) is 19.1 Å². The molecule has 8 nitrogen and oxygen atoms in total. The lowest BCUT2D eigenvalue weighted by Gasteiger charge is -2.39. The lowest BCUT2D eigenvalue weighted by Crippen LogP contribution is -2.53. The molecule has 1 aromatic rings. The first-order chi connectivity index (χ1) is 13.8. The zero-order valence-electron chi connectivity index (χ0n) is 15.9. The molecule has 4 rings (SSSR count). The second kappa shape index (κ2) is 6.68. The van der Waals surface area contributed by atoms with Crippen molar-refractivity contribution < 1.29 is 33.0 Å². The van der Waals surface area contributed by atoms with E-state index in [1.54, 1.807) is 17.1 Å². The Morgan fingerprint density at radius 3 is 2.31 bits per heavy atom. The zero-order chi connectivity index (χ0) is 20.9. The molecule has 0 unspecified atom stereocenters. The normalized spacial score (nSPS) is 24.4. The van der Waals surface area contributed by atoms with Gasteiger partial charge in [0.05, 0.1) is 20.3 Å². The molecule has 29 heavy (non-hydrogen) atoms. The lowest BCUT2D eigenvalue weighted by atomic mass is 9.78. The van der Waals surface area contributed by atoms with Gasteiger partial charge >= 0.3 is 11.9 Å². The molecule has 2 fully saturated rings. The Hall–Kier alpha value is -3.23. The van der Waals surface area contributed by atoms with E-state index in [2.05, 4.69) is 0 Å². The summed E-state index contributed by atoms with van der Waals surface area (Å²) in [7, 11) is 2.32. The fourth-order valence-electron chi connectivity index (χ4n) is 4.58. The number of halogens is 1. The molecule has 152 valence electrons. The van der Waals surface area contributed by atoms with Crippen molar-refractivity contribution in [2.45, 2.75) is 31.5 Å². The number of benzene rings is 1. The number of carbonyl (C=O) groups excluding carboxylic acids is 4. The SMILES string of the molecule is COC(=O)C1(C(=O)OC)C[C@@H](N2C(=O)CCC2=O)N2c3ccc(F)cc3C=C[C@@H]21. The van der Waals surface area contributed by atoms with Crippen LogP contribution in [0, 0.1) is 11.2 Å². The minimum Gasteiger partial charge on any atom is -0.468 e. The number of amides is 2. The Kier molecular flexibility index (Phi) is 4.40. The summed E-state index contributed by atoms with van der Waals surface area (Å²) in [6.45, 7) is 0. The van der Waals surface area contributed by atoms with Crippen molar-refractivity contribution in [2.24, 2.45) is 5.41 Å². The summed E-state index contributed by atoms with van der Waals surface area (Å²) in [5.41, 5.74) is -0.762. The summed E-state index contributed by atoms with van der Waals surface area (Å²) in [5, 5.41) is 0. The van der Waals surface area contributed by atoms with Crippen LogP contribution in [0.15, 0.2) is 24.3 Å². The molecule has 3 aliphatic rings. The molecule has 3 aliphatic heterocycles. The molecular weight excluding hydrogens is 383 g/mol. The maximum atomic E-state index is 13.8. The maximum absolute atomic E-state index is 13.8. The van der Waals surface area contributed by atoms with Gasteiger partial charge in [0.2, 0.25) is 11.8 Å². The summed E-state index contributed by atoms with van der Waals surface area (Å²) < 4.78 is 23.6. The molecule has 0 saturated carbocycles. The highest BCUT2D eigenvalue weighted by Crippen LogP contribution is 2.50. The molecule has 0 spiro atoms. The molecule has 2 saturated heterocycles. The molecule has 0 bridgehead atoms. The number of ether oxygens (including phenoxy) is 2. The number of carbonyl (C=O) groups is 4. The summed E-state index contributed by atoms with van der Waals surface area (Å²) >= 11 is 0. The van der Waals surface area contributed by atoms with Crippen LogP contribution in [0.3, 0.4) is 0 Å². The van der Waals surface area contributed by atoms with Crippen molar-refractivity contribution in [1.82, 2.24) is 4.90 Å². The van der Waals surface area contributed by atoms with Gasteiger partial charge in [0, 0.05) is 30.5 Å². The van der Waals surface area contributed by atoms with Crippen molar-refractivity contribution in [3.05, 3.63) is 35.7 Å². The Bertz CT molecular complexity index is 926. The van der Waals surface area contributed by atoms with Gasteiger partial charge in [-0.1, -0.05) is 12.2 Å². The number of methoxy groups -OCH3 is 2. The predicted octanol–water partition coefficient (Wildman–Crippen LogP) is 1.24. The van der Waals surface area contributed by atoms with E-state index in [9.17, 15) is 23.6 Å². The largest absolute Gasteiger partial charge is 0.468 e. The number of imide groups is 1. The number of esters is 2. The molecule has 2 amide bonds. The quantitative estimate of drug-likeness (QED) is 0.427. The summed E-state index contributed by atoms with van der Waals surface area (Å²) in [6.07, 6.45) is 2.22. The number of anilines is 1. The smallest absolute Gasteiger partial charge is 0.325 e. The van der Waals surface area contributed by atoms with Gasteiger partial charge in [-0.15, -0.1) is 0 Å². The van der Waals surface area contributed by atoms with E-state index >= 15 is 0 Å². The minimum atomic E-state index is -1.78. The molecule has 0 N–H and O–H groups in total. The third-order valence-electron chi connectivity index (χ3n) is 5.84. The average molecular weight is 402 g/mol. The summed E-state index contributed by atoms with van der Waals surface area (Å²) in [5.74, 6) is -2.87. The van der Waals surface area contributed by atoms with Crippen molar-refractivity contribution >= 4 is 35.5 Å². The number of rotatable bonds is 3. The van der Waals surface area contributed by atoms with Crippen molar-refractivity contribution in [3.8, 4) is 0 Å². The van der Waals surface area contributed by atoms with Crippen LogP contribution in [-0.4, -0.2) is 55.1 Å². The van der Waals surface area contributed by atoms with Crippen LogP contribution in [0.5, 0.6) is 0 Å². The second-order valence-corrected chi connectivity index (χ2v) is 7.21. The number of hydrogen-bond acceptors (Lipinski definition) is 7. The highest BCUT2D eigenvalue weighted by molar-refractivity contribution is 6.06. The van der Waals surface area contributed by atoms with Crippen LogP contribution in [0.2, 0.25) is 0 Å². The van der Waals surface area contributed by atoms with E-state index in [1.165, 1.54) is 18.2 Å². The van der Waals surface area contributed by atoms with E-state index in [4.69, 9.17) is 9.47 Å². The van der Waals surface area contributed by atoms with Crippen LogP contribution < -0.4 is 4.90 Å². The van der Waals surface area contributed by atoms with Gasteiger partial charge in [-0.05, 0) is 18.2 Å². The number of hydrogen-bond donors (Lipinski definition) is 0. The third kappa shape index (κ3) is 2.56. The van der Waals surface area contributed by atoms with Gasteiger partial charge in [-0.2, -0.15) is 0 Å². The fraction of sp³-hybridized carbons (Fsp3) is 0.400. The predicted molar refractivity (Wildman–Crippen MR) is 97.7 cm³/mol. The van der Waals surface area contributed by atoms with Gasteiger partial charge in [-0.3, -0.25) is 24.1 Å². The Morgan fingerprint density at radius 1 is 1.10 bits per heavy atom. The minimum absolute atomic E-state index is 0.0589. The first-order valence-corrected chi connectivity index (χ1v) is 9.13. The monoisotopic (exact) mass is 402 g/mol. The molecule has 1 aromatic carbocycles. The number of likely N-dealkylation sites (tertiary alicyclic amines) is 1. The van der Waals surface area contributed by atoms with Crippen LogP contribution in [0.25, 0.3) is 6.08 Å².